The predicted molar refractivity (Wildman–Crippen MR) is 82.5 cm³/mol. The third-order valence-corrected chi connectivity index (χ3v) is 6.50. The SMILES string of the molecule is O=S(=O)(Nc1ccc(Br)nc1)c1cc(Br)sc1Br. The molecule has 4 nitrogen and oxygen atoms in total. The minimum atomic E-state index is -3.61. The van der Waals surface area contributed by atoms with Crippen molar-refractivity contribution in [3.8, 4) is 0 Å². The molecule has 0 radical (unpaired) electrons. The van der Waals surface area contributed by atoms with Crippen LogP contribution in [0.5, 0.6) is 0 Å². The Bertz CT molecular complexity index is 668. The fourth-order valence-electron chi connectivity index (χ4n) is 1.15. The molecule has 1 N–H and O–H groups in total. The third-order valence-electron chi connectivity index (χ3n) is 1.89. The zero-order chi connectivity index (χ0) is 13.3. The summed E-state index contributed by atoms with van der Waals surface area (Å²) in [5.41, 5.74) is 0.410. The highest BCUT2D eigenvalue weighted by Gasteiger charge is 2.20. The lowest BCUT2D eigenvalue weighted by Crippen LogP contribution is -2.12. The Morgan fingerprint density at radius 2 is 1.94 bits per heavy atom. The van der Waals surface area contributed by atoms with Gasteiger partial charge in [-0.1, -0.05) is 0 Å². The number of thiophene rings is 1. The summed E-state index contributed by atoms with van der Waals surface area (Å²) in [6.45, 7) is 0. The van der Waals surface area contributed by atoms with E-state index in [4.69, 9.17) is 0 Å². The second kappa shape index (κ2) is 5.58. The number of nitrogens with zero attached hydrogens (tertiary/aromatic N) is 1. The van der Waals surface area contributed by atoms with Crippen molar-refractivity contribution in [2.24, 2.45) is 0 Å². The van der Waals surface area contributed by atoms with E-state index in [-0.39, 0.29) is 4.90 Å². The van der Waals surface area contributed by atoms with Crippen molar-refractivity contribution >= 4 is 74.8 Å². The van der Waals surface area contributed by atoms with Crippen LogP contribution in [0.2, 0.25) is 0 Å². The highest BCUT2D eigenvalue weighted by atomic mass is 79.9. The Labute approximate surface area is 133 Å². The molecule has 18 heavy (non-hydrogen) atoms. The molecule has 0 saturated heterocycles. The fourth-order valence-corrected chi connectivity index (χ4v) is 6.25. The van der Waals surface area contributed by atoms with Gasteiger partial charge < -0.3 is 0 Å². The van der Waals surface area contributed by atoms with E-state index in [0.29, 0.717) is 14.1 Å². The summed E-state index contributed by atoms with van der Waals surface area (Å²) in [7, 11) is -3.61. The van der Waals surface area contributed by atoms with Gasteiger partial charge in [0.25, 0.3) is 10.0 Å². The molecule has 9 heteroatoms. The van der Waals surface area contributed by atoms with E-state index in [1.54, 1.807) is 18.2 Å². The second-order valence-corrected chi connectivity index (χ2v) is 9.38. The van der Waals surface area contributed by atoms with Crippen molar-refractivity contribution in [2.45, 2.75) is 4.90 Å². The maximum Gasteiger partial charge on any atom is 0.263 e. The first-order chi connectivity index (χ1) is 8.38. The van der Waals surface area contributed by atoms with Gasteiger partial charge in [0.2, 0.25) is 0 Å². The number of sulfonamides is 1. The van der Waals surface area contributed by atoms with Gasteiger partial charge in [0, 0.05) is 0 Å². The molecule has 0 unspecified atom stereocenters. The van der Waals surface area contributed by atoms with Crippen molar-refractivity contribution in [3.05, 3.63) is 36.6 Å². The average Bonchev–Trinajstić information content (AvgIpc) is 2.62. The summed E-state index contributed by atoms with van der Waals surface area (Å²) >= 11 is 11.0. The summed E-state index contributed by atoms with van der Waals surface area (Å²) < 4.78 is 28.6. The maximum atomic E-state index is 12.1. The van der Waals surface area contributed by atoms with Gasteiger partial charge in [-0.3, -0.25) is 4.72 Å². The third kappa shape index (κ3) is 3.32. The number of hydrogen-bond acceptors (Lipinski definition) is 4. The molecule has 2 rings (SSSR count). The van der Waals surface area contributed by atoms with Crippen LogP contribution in [0.1, 0.15) is 0 Å². The molecule has 0 aliphatic rings. The molecule has 0 aromatic carbocycles. The van der Waals surface area contributed by atoms with Crippen molar-refractivity contribution in [1.29, 1.82) is 0 Å². The highest BCUT2D eigenvalue weighted by Crippen LogP contribution is 2.35. The number of nitrogens with one attached hydrogen (secondary N) is 1. The molecule has 2 heterocycles. The van der Waals surface area contributed by atoms with Crippen LogP contribution in [-0.2, 0) is 10.0 Å². The average molecular weight is 477 g/mol. The van der Waals surface area contributed by atoms with Crippen LogP contribution < -0.4 is 4.72 Å². The molecular weight excluding hydrogens is 472 g/mol. The van der Waals surface area contributed by atoms with Gasteiger partial charge in [-0.2, -0.15) is 0 Å². The van der Waals surface area contributed by atoms with Gasteiger partial charge >= 0.3 is 0 Å². The topological polar surface area (TPSA) is 59.1 Å². The van der Waals surface area contributed by atoms with Crippen molar-refractivity contribution in [1.82, 2.24) is 4.98 Å². The summed E-state index contributed by atoms with van der Waals surface area (Å²) in [5.74, 6) is 0. The molecule has 0 saturated carbocycles. The quantitative estimate of drug-likeness (QED) is 0.674. The first-order valence-corrected chi connectivity index (χ1v) is 9.15. The van der Waals surface area contributed by atoms with Crippen LogP contribution in [0.15, 0.2) is 41.5 Å². The Balaban J connectivity index is 2.33. The van der Waals surface area contributed by atoms with Crippen LogP contribution in [0.4, 0.5) is 5.69 Å². The van der Waals surface area contributed by atoms with Crippen LogP contribution >= 0.6 is 59.1 Å². The number of rotatable bonds is 3. The van der Waals surface area contributed by atoms with Gasteiger partial charge in [0.15, 0.2) is 0 Å². The molecular formula is C9H5Br3N2O2S2. The van der Waals surface area contributed by atoms with E-state index in [2.05, 4.69) is 57.5 Å². The number of hydrogen-bond donors (Lipinski definition) is 1. The van der Waals surface area contributed by atoms with Gasteiger partial charge in [-0.25, -0.2) is 13.4 Å². The lowest BCUT2D eigenvalue weighted by molar-refractivity contribution is 0.601. The van der Waals surface area contributed by atoms with Crippen LogP contribution in [-0.4, -0.2) is 13.4 Å². The summed E-state index contributed by atoms with van der Waals surface area (Å²) in [6, 6.07) is 4.84. The molecule has 0 atom stereocenters. The van der Waals surface area contributed by atoms with E-state index in [1.165, 1.54) is 17.5 Å². The van der Waals surface area contributed by atoms with Gasteiger partial charge in [0.1, 0.15) is 9.50 Å². The zero-order valence-electron chi connectivity index (χ0n) is 8.52. The van der Waals surface area contributed by atoms with Gasteiger partial charge in [-0.05, 0) is 66.0 Å². The zero-order valence-corrected chi connectivity index (χ0v) is 14.9. The molecule has 0 fully saturated rings. The maximum absolute atomic E-state index is 12.1. The molecule has 0 bridgehead atoms. The number of pyridine rings is 1. The van der Waals surface area contributed by atoms with Crippen molar-refractivity contribution in [2.75, 3.05) is 4.72 Å². The van der Waals surface area contributed by atoms with E-state index in [0.717, 1.165) is 3.79 Å². The molecule has 2 aromatic heterocycles. The second-order valence-electron chi connectivity index (χ2n) is 3.16. The minimum absolute atomic E-state index is 0.197. The Morgan fingerprint density at radius 3 is 2.44 bits per heavy atom. The Hall–Kier alpha value is 0.0400. The van der Waals surface area contributed by atoms with Crippen LogP contribution in [0, 0.1) is 0 Å². The standard InChI is InChI=1S/C9H5Br3N2O2S2/c10-7-2-1-5(4-13-7)14-18(15,16)6-3-8(11)17-9(6)12/h1-4,14H. The smallest absolute Gasteiger partial charge is 0.263 e. The summed E-state index contributed by atoms with van der Waals surface area (Å²) in [6.07, 6.45) is 1.44. The number of halogens is 3. The minimum Gasteiger partial charge on any atom is -0.278 e. The molecule has 2 aromatic rings. The number of anilines is 1. The van der Waals surface area contributed by atoms with Gasteiger partial charge in [0.05, 0.1) is 19.5 Å². The molecule has 0 aliphatic heterocycles. The van der Waals surface area contributed by atoms with Crippen LogP contribution in [0.3, 0.4) is 0 Å². The lowest BCUT2D eigenvalue weighted by atomic mass is 10.4. The van der Waals surface area contributed by atoms with E-state index in [9.17, 15) is 8.42 Å². The molecule has 0 amide bonds. The van der Waals surface area contributed by atoms with Crippen molar-refractivity contribution < 1.29 is 8.42 Å². The summed E-state index contributed by atoms with van der Waals surface area (Å²) in [5, 5.41) is 0. The van der Waals surface area contributed by atoms with Crippen LogP contribution in [0.25, 0.3) is 0 Å². The predicted octanol–water partition coefficient (Wildman–Crippen LogP) is 4.23. The first-order valence-electron chi connectivity index (χ1n) is 4.48. The van der Waals surface area contributed by atoms with E-state index < -0.39 is 10.0 Å². The normalized spacial score (nSPS) is 11.5. The summed E-state index contributed by atoms with van der Waals surface area (Å²) in [4.78, 5) is 4.15. The first kappa shape index (κ1) is 14.4. The largest absolute Gasteiger partial charge is 0.278 e. The fraction of sp³-hybridized carbons (Fsp3) is 0. The molecule has 0 spiro atoms. The Morgan fingerprint density at radius 1 is 1.22 bits per heavy atom. The van der Waals surface area contributed by atoms with E-state index >= 15 is 0 Å². The molecule has 96 valence electrons. The van der Waals surface area contributed by atoms with E-state index in [1.807, 2.05) is 0 Å². The lowest BCUT2D eigenvalue weighted by Gasteiger charge is -2.06. The highest BCUT2D eigenvalue weighted by molar-refractivity contribution is 9.12. The van der Waals surface area contributed by atoms with Gasteiger partial charge in [-0.15, -0.1) is 11.3 Å². The Kier molecular flexibility index (Phi) is 4.48. The van der Waals surface area contributed by atoms with Crippen molar-refractivity contribution in [3.63, 3.8) is 0 Å². The molecule has 0 aliphatic carbocycles. The monoisotopic (exact) mass is 474 g/mol. The number of aromatic nitrogens is 1.